The first-order chi connectivity index (χ1) is 16.7. The maximum atomic E-state index is 12.9. The van der Waals surface area contributed by atoms with Crippen LogP contribution in [0.5, 0.6) is 0 Å². The minimum absolute atomic E-state index is 0.0420. The highest BCUT2D eigenvalue weighted by atomic mass is 16.2. The van der Waals surface area contributed by atoms with Crippen molar-refractivity contribution in [1.82, 2.24) is 14.8 Å². The van der Waals surface area contributed by atoms with E-state index in [4.69, 9.17) is 0 Å². The van der Waals surface area contributed by atoms with Gasteiger partial charge in [-0.1, -0.05) is 42.5 Å². The average Bonchev–Trinajstić information content (AvgIpc) is 3.45. The molecule has 5 nitrogen and oxygen atoms in total. The highest BCUT2D eigenvalue weighted by Crippen LogP contribution is 2.20. The van der Waals surface area contributed by atoms with Gasteiger partial charge >= 0.3 is 0 Å². The van der Waals surface area contributed by atoms with Gasteiger partial charge in [0.1, 0.15) is 0 Å². The lowest BCUT2D eigenvalue weighted by atomic mass is 10.0. The van der Waals surface area contributed by atoms with E-state index in [-0.39, 0.29) is 17.9 Å². The molecule has 0 saturated carbocycles. The Hall–Kier alpha value is -4.12. The number of carbonyl (C=O) groups excluding carboxylic acids is 2. The second-order valence-electron chi connectivity index (χ2n) is 8.62. The van der Waals surface area contributed by atoms with Gasteiger partial charge in [-0.3, -0.25) is 9.59 Å². The summed E-state index contributed by atoms with van der Waals surface area (Å²) in [6.07, 6.45) is 5.46. The maximum Gasteiger partial charge on any atom is 0.253 e. The van der Waals surface area contributed by atoms with Crippen LogP contribution < -0.4 is 5.32 Å². The van der Waals surface area contributed by atoms with Crippen molar-refractivity contribution in [2.45, 2.75) is 18.9 Å². The Morgan fingerprint density at radius 3 is 1.91 bits per heavy atom. The van der Waals surface area contributed by atoms with E-state index >= 15 is 0 Å². The average molecular weight is 450 g/mol. The summed E-state index contributed by atoms with van der Waals surface area (Å²) >= 11 is 0. The van der Waals surface area contributed by atoms with Crippen LogP contribution in [0.1, 0.15) is 33.6 Å². The molecule has 0 atom stereocenters. The third-order valence-electron chi connectivity index (χ3n) is 6.39. The predicted octanol–water partition coefficient (Wildman–Crippen LogP) is 5.18. The molecule has 5 rings (SSSR count). The molecule has 0 unspecified atom stereocenters. The lowest BCUT2D eigenvalue weighted by Crippen LogP contribution is -2.46. The number of piperidine rings is 1. The predicted molar refractivity (Wildman–Crippen MR) is 134 cm³/mol. The van der Waals surface area contributed by atoms with E-state index in [1.807, 2.05) is 101 Å². The zero-order chi connectivity index (χ0) is 23.3. The fourth-order valence-corrected chi connectivity index (χ4v) is 4.41. The van der Waals surface area contributed by atoms with Crippen LogP contribution in [0.3, 0.4) is 0 Å². The molecule has 4 aromatic rings. The topological polar surface area (TPSA) is 54.3 Å². The van der Waals surface area contributed by atoms with Crippen molar-refractivity contribution < 1.29 is 9.59 Å². The van der Waals surface area contributed by atoms with Crippen LogP contribution in [-0.4, -0.2) is 40.4 Å². The Labute approximate surface area is 199 Å². The molecule has 1 aliphatic heterocycles. The fourth-order valence-electron chi connectivity index (χ4n) is 4.41. The number of nitrogens with one attached hydrogen (secondary N) is 1. The summed E-state index contributed by atoms with van der Waals surface area (Å²) in [5, 5.41) is 3.14. The van der Waals surface area contributed by atoms with E-state index in [9.17, 15) is 9.59 Å². The van der Waals surface area contributed by atoms with E-state index in [0.29, 0.717) is 24.2 Å². The summed E-state index contributed by atoms with van der Waals surface area (Å²) in [6.45, 7) is 1.27. The van der Waals surface area contributed by atoms with Crippen LogP contribution in [0.25, 0.3) is 16.8 Å². The van der Waals surface area contributed by atoms with Gasteiger partial charge in [-0.05, 0) is 72.5 Å². The number of amides is 2. The zero-order valence-electron chi connectivity index (χ0n) is 18.9. The monoisotopic (exact) mass is 449 g/mol. The van der Waals surface area contributed by atoms with E-state index in [1.165, 1.54) is 0 Å². The van der Waals surface area contributed by atoms with Crippen LogP contribution in [-0.2, 0) is 0 Å². The molecular weight excluding hydrogens is 422 g/mol. The number of benzene rings is 3. The third kappa shape index (κ3) is 4.79. The van der Waals surface area contributed by atoms with Gasteiger partial charge in [-0.2, -0.15) is 0 Å². The first-order valence-corrected chi connectivity index (χ1v) is 11.7. The minimum Gasteiger partial charge on any atom is -0.349 e. The molecule has 0 aliphatic carbocycles. The first-order valence-electron chi connectivity index (χ1n) is 11.7. The molecule has 2 amide bonds. The molecule has 1 saturated heterocycles. The first kappa shape index (κ1) is 21.7. The summed E-state index contributed by atoms with van der Waals surface area (Å²) in [6, 6.07) is 29.5. The third-order valence-corrected chi connectivity index (χ3v) is 6.39. The fraction of sp³-hybridized carbons (Fsp3) is 0.172. The second-order valence-corrected chi connectivity index (χ2v) is 8.62. The smallest absolute Gasteiger partial charge is 0.253 e. The van der Waals surface area contributed by atoms with Crippen molar-refractivity contribution in [2.75, 3.05) is 13.1 Å². The van der Waals surface area contributed by atoms with Gasteiger partial charge in [0.25, 0.3) is 11.8 Å². The van der Waals surface area contributed by atoms with Crippen LogP contribution in [0, 0.1) is 0 Å². The van der Waals surface area contributed by atoms with Crippen LogP contribution in [0.4, 0.5) is 0 Å². The molecule has 3 aromatic carbocycles. The zero-order valence-corrected chi connectivity index (χ0v) is 18.9. The molecule has 170 valence electrons. The normalized spacial score (nSPS) is 14.1. The Bertz CT molecular complexity index is 1240. The SMILES string of the molecule is O=C(NC1CCN(C(=O)c2ccc(-n3cccc3)cc2)CC1)c1ccc(-c2ccccc2)cc1. The number of likely N-dealkylation sites (tertiary alicyclic amines) is 1. The lowest BCUT2D eigenvalue weighted by molar-refractivity contribution is 0.0698. The van der Waals surface area contributed by atoms with Gasteiger partial charge in [0.2, 0.25) is 0 Å². The van der Waals surface area contributed by atoms with Gasteiger partial charge in [0, 0.05) is 48.3 Å². The number of aromatic nitrogens is 1. The van der Waals surface area contributed by atoms with Crippen molar-refractivity contribution in [3.05, 3.63) is 115 Å². The van der Waals surface area contributed by atoms with Crippen LogP contribution >= 0.6 is 0 Å². The van der Waals surface area contributed by atoms with Crippen molar-refractivity contribution in [3.8, 4) is 16.8 Å². The van der Waals surface area contributed by atoms with Crippen molar-refractivity contribution in [3.63, 3.8) is 0 Å². The molecule has 1 N–H and O–H groups in total. The van der Waals surface area contributed by atoms with Gasteiger partial charge in [-0.15, -0.1) is 0 Å². The standard InChI is InChI=1S/C29H27N3O2/c33-28(24-10-8-23(9-11-24)22-6-2-1-3-7-22)30-26-16-20-32(21-17-26)29(34)25-12-14-27(15-13-25)31-18-4-5-19-31/h1-15,18-19,26H,16-17,20-21H2,(H,30,33). The number of nitrogens with zero attached hydrogens (tertiary/aromatic N) is 2. The van der Waals surface area contributed by atoms with E-state index in [0.717, 1.165) is 29.7 Å². The Morgan fingerprint density at radius 1 is 0.676 bits per heavy atom. The summed E-state index contributed by atoms with van der Waals surface area (Å²) in [4.78, 5) is 27.5. The minimum atomic E-state index is -0.0648. The highest BCUT2D eigenvalue weighted by Gasteiger charge is 2.25. The largest absolute Gasteiger partial charge is 0.349 e. The second kappa shape index (κ2) is 9.79. The summed E-state index contributed by atoms with van der Waals surface area (Å²) in [7, 11) is 0. The van der Waals surface area contributed by atoms with Crippen molar-refractivity contribution in [2.24, 2.45) is 0 Å². The van der Waals surface area contributed by atoms with Crippen molar-refractivity contribution in [1.29, 1.82) is 0 Å². The van der Waals surface area contributed by atoms with E-state index in [1.54, 1.807) is 0 Å². The molecule has 1 fully saturated rings. The van der Waals surface area contributed by atoms with E-state index < -0.39 is 0 Å². The molecule has 0 bridgehead atoms. The van der Waals surface area contributed by atoms with Gasteiger partial charge < -0.3 is 14.8 Å². The summed E-state index contributed by atoms with van der Waals surface area (Å²) in [5.41, 5.74) is 4.59. The summed E-state index contributed by atoms with van der Waals surface area (Å²) in [5.74, 6) is -0.0228. The van der Waals surface area contributed by atoms with E-state index in [2.05, 4.69) is 17.4 Å². The number of carbonyl (C=O) groups is 2. The quantitative estimate of drug-likeness (QED) is 0.457. The Kier molecular flexibility index (Phi) is 6.25. The number of hydrogen-bond acceptors (Lipinski definition) is 2. The molecule has 1 aliphatic rings. The van der Waals surface area contributed by atoms with Gasteiger partial charge in [0.05, 0.1) is 0 Å². The highest BCUT2D eigenvalue weighted by molar-refractivity contribution is 5.95. The van der Waals surface area contributed by atoms with Gasteiger partial charge in [0.15, 0.2) is 0 Å². The molecular formula is C29H27N3O2. The van der Waals surface area contributed by atoms with Crippen molar-refractivity contribution >= 4 is 11.8 Å². The molecule has 0 radical (unpaired) electrons. The lowest BCUT2D eigenvalue weighted by Gasteiger charge is -2.32. The number of rotatable bonds is 5. The van der Waals surface area contributed by atoms with Crippen LogP contribution in [0.15, 0.2) is 103 Å². The Morgan fingerprint density at radius 2 is 1.26 bits per heavy atom. The molecule has 2 heterocycles. The summed E-state index contributed by atoms with van der Waals surface area (Å²) < 4.78 is 2.01. The van der Waals surface area contributed by atoms with Gasteiger partial charge in [-0.25, -0.2) is 0 Å². The van der Waals surface area contributed by atoms with Crippen LogP contribution in [0.2, 0.25) is 0 Å². The Balaban J connectivity index is 1.14. The molecule has 5 heteroatoms. The molecule has 1 aromatic heterocycles. The number of hydrogen-bond donors (Lipinski definition) is 1. The molecule has 0 spiro atoms. The molecule has 34 heavy (non-hydrogen) atoms. The maximum absolute atomic E-state index is 12.9.